The molecule has 0 atom stereocenters. The highest BCUT2D eigenvalue weighted by Gasteiger charge is 2.15. The van der Waals surface area contributed by atoms with Crippen LogP contribution >= 0.6 is 0 Å². The summed E-state index contributed by atoms with van der Waals surface area (Å²) in [4.78, 5) is 15.9. The van der Waals surface area contributed by atoms with Crippen LogP contribution in [0.4, 0.5) is 0 Å². The number of hydroxylamine groups is 3. The molecule has 0 radical (unpaired) electrons. The van der Waals surface area contributed by atoms with Crippen molar-refractivity contribution in [1.29, 1.82) is 0 Å². The van der Waals surface area contributed by atoms with Crippen molar-refractivity contribution in [2.24, 2.45) is 0 Å². The largest absolute Gasteiger partial charge is 0.545 e. The van der Waals surface area contributed by atoms with Gasteiger partial charge in [0.05, 0.1) is 20.1 Å². The molecule has 0 bridgehead atoms. The van der Waals surface area contributed by atoms with Gasteiger partial charge in [0.1, 0.15) is 13.2 Å². The van der Waals surface area contributed by atoms with Crippen LogP contribution in [0, 0.1) is 0 Å². The fourth-order valence-electron chi connectivity index (χ4n) is 2.81. The number of benzene rings is 1. The average Bonchev–Trinajstić information content (AvgIpc) is 2.69. The van der Waals surface area contributed by atoms with E-state index in [4.69, 9.17) is 9.94 Å². The lowest BCUT2D eigenvalue weighted by molar-refractivity contribution is -1.08. The Bertz CT molecular complexity index is 477. The molecule has 1 aromatic rings. The van der Waals surface area contributed by atoms with Crippen LogP contribution in [0.25, 0.3) is 0 Å². The third-order valence-corrected chi connectivity index (χ3v) is 4.55. The lowest BCUT2D eigenvalue weighted by Gasteiger charge is -2.26. The second-order valence-corrected chi connectivity index (χ2v) is 7.69. The zero-order chi connectivity index (χ0) is 21.1. The Kier molecular flexibility index (Phi) is 16.8. The molecule has 1 N–H and O–H groups in total. The highest BCUT2D eigenvalue weighted by Crippen LogP contribution is 2.10. The number of unbranched alkanes of at least 4 members (excludes halogenated alkanes) is 8. The molecule has 0 aliphatic heterocycles. The Hall–Kier alpha value is -1.43. The van der Waals surface area contributed by atoms with Crippen LogP contribution < -0.4 is 5.11 Å². The SMILES string of the molecule is CCCCCCCCCCCO[N+](C)(C)CCCO.O=C([O-])c1ccccc1. The number of carboxylic acid groups (broad SMARTS) is 1. The van der Waals surface area contributed by atoms with Crippen molar-refractivity contribution in [3.8, 4) is 0 Å². The van der Waals surface area contributed by atoms with E-state index in [0.717, 1.165) is 26.0 Å². The summed E-state index contributed by atoms with van der Waals surface area (Å²) >= 11 is 0. The van der Waals surface area contributed by atoms with E-state index in [1.165, 1.54) is 63.5 Å². The van der Waals surface area contributed by atoms with E-state index in [1.54, 1.807) is 18.2 Å². The number of quaternary nitrogens is 1. The van der Waals surface area contributed by atoms with Gasteiger partial charge >= 0.3 is 0 Å². The normalized spacial score (nSPS) is 11.0. The molecule has 0 amide bonds. The van der Waals surface area contributed by atoms with Crippen LogP contribution in [0.3, 0.4) is 0 Å². The van der Waals surface area contributed by atoms with Gasteiger partial charge < -0.3 is 15.0 Å². The van der Waals surface area contributed by atoms with Crippen molar-refractivity contribution < 1.29 is 24.5 Å². The number of hydrogen-bond donors (Lipinski definition) is 1. The number of aliphatic hydroxyl groups excluding tert-OH is 1. The Morgan fingerprint density at radius 2 is 1.46 bits per heavy atom. The van der Waals surface area contributed by atoms with E-state index in [9.17, 15) is 9.90 Å². The van der Waals surface area contributed by atoms with Gasteiger partial charge in [-0.05, 0) is 12.0 Å². The van der Waals surface area contributed by atoms with Gasteiger partial charge in [0, 0.05) is 13.0 Å². The summed E-state index contributed by atoms with van der Waals surface area (Å²) in [6.45, 7) is 4.24. The predicted molar refractivity (Wildman–Crippen MR) is 113 cm³/mol. The summed E-state index contributed by atoms with van der Waals surface area (Å²) in [5.74, 6) is -1.13. The van der Waals surface area contributed by atoms with Gasteiger partial charge in [-0.2, -0.15) is 4.65 Å². The zero-order valence-electron chi connectivity index (χ0n) is 18.2. The molecule has 1 rings (SSSR count). The highest BCUT2D eigenvalue weighted by atomic mass is 16.7. The van der Waals surface area contributed by atoms with Crippen molar-refractivity contribution >= 4 is 5.97 Å². The van der Waals surface area contributed by atoms with E-state index in [1.807, 2.05) is 0 Å². The number of rotatable bonds is 15. The van der Waals surface area contributed by atoms with Gasteiger partial charge in [0.25, 0.3) is 0 Å². The van der Waals surface area contributed by atoms with Gasteiger partial charge in [-0.25, -0.2) is 4.84 Å². The van der Waals surface area contributed by atoms with Crippen LogP contribution in [0.1, 0.15) is 81.5 Å². The van der Waals surface area contributed by atoms with Crippen LogP contribution in [0.5, 0.6) is 0 Å². The molecule has 0 spiro atoms. The number of carbonyl (C=O) groups is 1. The van der Waals surface area contributed by atoms with Gasteiger partial charge in [0.15, 0.2) is 0 Å². The van der Waals surface area contributed by atoms with Gasteiger partial charge in [-0.15, -0.1) is 0 Å². The lowest BCUT2D eigenvalue weighted by Crippen LogP contribution is -2.41. The van der Waals surface area contributed by atoms with Crippen LogP contribution in [0.15, 0.2) is 30.3 Å². The number of carboxylic acids is 1. The fourth-order valence-corrected chi connectivity index (χ4v) is 2.81. The number of nitrogens with zero attached hydrogens (tertiary/aromatic N) is 1. The Balaban J connectivity index is 0.000000668. The molecule has 162 valence electrons. The second-order valence-electron chi connectivity index (χ2n) is 7.69. The summed E-state index contributed by atoms with van der Waals surface area (Å²) in [7, 11) is 4.12. The molecule has 0 heterocycles. The minimum absolute atomic E-state index is 0.220. The fraction of sp³-hybridized carbons (Fsp3) is 0.696. The molecule has 5 nitrogen and oxygen atoms in total. The number of carbonyl (C=O) groups excluding carboxylic acids is 1. The Labute approximate surface area is 171 Å². The van der Waals surface area contributed by atoms with Crippen molar-refractivity contribution in [1.82, 2.24) is 0 Å². The summed E-state index contributed by atoms with van der Waals surface area (Å²) in [6.07, 6.45) is 12.9. The van der Waals surface area contributed by atoms with E-state index >= 15 is 0 Å². The highest BCUT2D eigenvalue weighted by molar-refractivity contribution is 5.85. The molecule has 0 aromatic heterocycles. The van der Waals surface area contributed by atoms with Crippen molar-refractivity contribution in [3.63, 3.8) is 0 Å². The smallest absolute Gasteiger partial charge is 0.111 e. The average molecular weight is 396 g/mol. The molecule has 28 heavy (non-hydrogen) atoms. The van der Waals surface area contributed by atoms with Gasteiger partial charge in [-0.1, -0.05) is 88.6 Å². The number of aliphatic hydroxyl groups is 1. The summed E-state index contributed by atoms with van der Waals surface area (Å²) in [6, 6.07) is 8.06. The van der Waals surface area contributed by atoms with Gasteiger partial charge in [0.2, 0.25) is 0 Å². The lowest BCUT2D eigenvalue weighted by atomic mass is 10.1. The number of aromatic carboxylic acids is 1. The van der Waals surface area contributed by atoms with E-state index in [2.05, 4.69) is 21.0 Å². The first-order chi connectivity index (χ1) is 13.4. The molecule has 0 aliphatic carbocycles. The molecular weight excluding hydrogens is 354 g/mol. The first-order valence-electron chi connectivity index (χ1n) is 10.8. The van der Waals surface area contributed by atoms with Crippen molar-refractivity contribution in [2.75, 3.05) is 33.9 Å². The Morgan fingerprint density at radius 1 is 0.929 bits per heavy atom. The monoisotopic (exact) mass is 395 g/mol. The van der Waals surface area contributed by atoms with E-state index in [-0.39, 0.29) is 12.2 Å². The Morgan fingerprint density at radius 3 is 1.93 bits per heavy atom. The molecule has 0 saturated carbocycles. The van der Waals surface area contributed by atoms with Crippen LogP contribution in [-0.2, 0) is 4.84 Å². The van der Waals surface area contributed by atoms with Crippen molar-refractivity contribution in [3.05, 3.63) is 35.9 Å². The van der Waals surface area contributed by atoms with E-state index < -0.39 is 5.97 Å². The summed E-state index contributed by atoms with van der Waals surface area (Å²) < 4.78 is 0.567. The second kappa shape index (κ2) is 17.7. The third kappa shape index (κ3) is 16.7. The zero-order valence-corrected chi connectivity index (χ0v) is 18.2. The quantitative estimate of drug-likeness (QED) is 0.277. The first kappa shape index (κ1) is 26.6. The molecule has 5 heteroatoms. The maximum Gasteiger partial charge on any atom is 0.111 e. The van der Waals surface area contributed by atoms with Crippen LogP contribution in [0.2, 0.25) is 0 Å². The molecule has 0 aliphatic rings. The summed E-state index contributed by atoms with van der Waals surface area (Å²) in [5, 5.41) is 18.9. The predicted octanol–water partition coefficient (Wildman–Crippen LogP) is 3.96. The maximum absolute atomic E-state index is 10.1. The molecule has 0 saturated heterocycles. The topological polar surface area (TPSA) is 69.6 Å². The molecular formula is C23H41NO4. The summed E-state index contributed by atoms with van der Waals surface area (Å²) in [5.41, 5.74) is 0.220. The number of hydrogen-bond acceptors (Lipinski definition) is 4. The molecule has 0 unspecified atom stereocenters. The molecule has 1 aromatic carbocycles. The van der Waals surface area contributed by atoms with Crippen LogP contribution in [-0.4, -0.2) is 49.6 Å². The third-order valence-electron chi connectivity index (χ3n) is 4.55. The standard InChI is InChI=1S/C16H36NO2.C7H6O2/c1-4-5-6-7-8-9-10-11-12-16-19-17(2,3)14-13-15-18;8-7(9)6-4-2-1-3-5-6/h18H,4-16H2,1-3H3;1-5H,(H,8,9)/q+1;/p-1. The minimum atomic E-state index is -1.13. The minimum Gasteiger partial charge on any atom is -0.545 e. The van der Waals surface area contributed by atoms with E-state index in [0.29, 0.717) is 4.65 Å². The van der Waals surface area contributed by atoms with Gasteiger partial charge in [-0.3, -0.25) is 0 Å². The maximum atomic E-state index is 10.1. The molecule has 0 fully saturated rings. The van der Waals surface area contributed by atoms with Crippen molar-refractivity contribution in [2.45, 2.75) is 71.1 Å². The first-order valence-corrected chi connectivity index (χ1v) is 10.8.